The van der Waals surface area contributed by atoms with Gasteiger partial charge in [0.15, 0.2) is 9.84 Å². The van der Waals surface area contributed by atoms with E-state index in [1.807, 2.05) is 0 Å². The van der Waals surface area contributed by atoms with Crippen molar-refractivity contribution >= 4 is 21.7 Å². The highest BCUT2D eigenvalue weighted by Gasteiger charge is 2.35. The second-order valence-corrected chi connectivity index (χ2v) is 7.30. The lowest BCUT2D eigenvalue weighted by atomic mass is 10.1. The Morgan fingerprint density at radius 1 is 1.37 bits per heavy atom. The standard InChI is InChI=1S/C12H21NO5S/c1-9(2)12(15)13(6-4-11(14)18-3)10-5-7-19(16,17)8-10/h9-10H,4-8H2,1-3H3/t10-/m0/s1. The summed E-state index contributed by atoms with van der Waals surface area (Å²) in [5.41, 5.74) is 0. The minimum Gasteiger partial charge on any atom is -0.469 e. The Balaban J connectivity index is 2.75. The first-order valence-corrected chi connectivity index (χ1v) is 8.16. The van der Waals surface area contributed by atoms with Crippen LogP contribution in [0.2, 0.25) is 0 Å². The summed E-state index contributed by atoms with van der Waals surface area (Å²) in [5, 5.41) is 0. The summed E-state index contributed by atoms with van der Waals surface area (Å²) in [6.45, 7) is 3.73. The van der Waals surface area contributed by atoms with Crippen LogP contribution in [0, 0.1) is 5.92 Å². The second-order valence-electron chi connectivity index (χ2n) is 5.07. The molecule has 110 valence electrons. The van der Waals surface area contributed by atoms with Gasteiger partial charge in [-0.25, -0.2) is 8.42 Å². The van der Waals surface area contributed by atoms with Gasteiger partial charge in [-0.3, -0.25) is 9.59 Å². The van der Waals surface area contributed by atoms with Gasteiger partial charge in [-0.05, 0) is 6.42 Å². The van der Waals surface area contributed by atoms with E-state index in [0.717, 1.165) is 0 Å². The van der Waals surface area contributed by atoms with Gasteiger partial charge >= 0.3 is 5.97 Å². The van der Waals surface area contributed by atoms with E-state index >= 15 is 0 Å². The number of ether oxygens (including phenoxy) is 1. The number of hydrogen-bond acceptors (Lipinski definition) is 5. The SMILES string of the molecule is COC(=O)CCN(C(=O)C(C)C)[C@H]1CCS(=O)(=O)C1. The monoisotopic (exact) mass is 291 g/mol. The zero-order valence-electron chi connectivity index (χ0n) is 11.6. The molecule has 6 nitrogen and oxygen atoms in total. The first-order valence-electron chi connectivity index (χ1n) is 6.34. The fourth-order valence-electron chi connectivity index (χ4n) is 2.14. The fraction of sp³-hybridized carbons (Fsp3) is 0.833. The number of sulfone groups is 1. The van der Waals surface area contributed by atoms with Crippen molar-refractivity contribution < 1.29 is 22.7 Å². The van der Waals surface area contributed by atoms with Crippen LogP contribution in [0.25, 0.3) is 0 Å². The molecule has 1 fully saturated rings. The molecule has 0 N–H and O–H groups in total. The van der Waals surface area contributed by atoms with Gasteiger partial charge in [0.25, 0.3) is 0 Å². The maximum Gasteiger partial charge on any atom is 0.307 e. The molecule has 1 amide bonds. The zero-order chi connectivity index (χ0) is 14.6. The number of methoxy groups -OCH3 is 1. The van der Waals surface area contributed by atoms with Crippen LogP contribution in [0.4, 0.5) is 0 Å². The van der Waals surface area contributed by atoms with Crippen LogP contribution in [0.5, 0.6) is 0 Å². The largest absolute Gasteiger partial charge is 0.469 e. The van der Waals surface area contributed by atoms with E-state index in [1.54, 1.807) is 13.8 Å². The van der Waals surface area contributed by atoms with Gasteiger partial charge in [-0.2, -0.15) is 0 Å². The molecule has 0 saturated carbocycles. The molecule has 0 bridgehead atoms. The van der Waals surface area contributed by atoms with Crippen LogP contribution in [-0.2, 0) is 24.2 Å². The molecule has 1 saturated heterocycles. The lowest BCUT2D eigenvalue weighted by molar-refractivity contribution is -0.143. The van der Waals surface area contributed by atoms with Crippen LogP contribution in [0.15, 0.2) is 0 Å². The van der Waals surface area contributed by atoms with Crippen LogP contribution < -0.4 is 0 Å². The van der Waals surface area contributed by atoms with Gasteiger partial charge < -0.3 is 9.64 Å². The Morgan fingerprint density at radius 2 is 2.00 bits per heavy atom. The molecule has 1 aliphatic rings. The number of esters is 1. The lowest BCUT2D eigenvalue weighted by Gasteiger charge is -2.29. The highest BCUT2D eigenvalue weighted by molar-refractivity contribution is 7.91. The summed E-state index contributed by atoms with van der Waals surface area (Å²) in [6, 6.07) is -0.315. The van der Waals surface area contributed by atoms with E-state index in [2.05, 4.69) is 4.74 Å². The molecule has 0 aromatic heterocycles. The molecule has 0 radical (unpaired) electrons. The van der Waals surface area contributed by atoms with Gasteiger partial charge in [0.2, 0.25) is 5.91 Å². The van der Waals surface area contributed by atoms with Crippen molar-refractivity contribution in [3.63, 3.8) is 0 Å². The molecule has 7 heteroatoms. The maximum atomic E-state index is 12.1. The van der Waals surface area contributed by atoms with Crippen LogP contribution in [0.1, 0.15) is 26.7 Å². The van der Waals surface area contributed by atoms with Gasteiger partial charge in [0, 0.05) is 18.5 Å². The summed E-state index contributed by atoms with van der Waals surface area (Å²) in [7, 11) is -1.77. The molecule has 1 atom stereocenters. The predicted molar refractivity (Wildman–Crippen MR) is 70.2 cm³/mol. The van der Waals surface area contributed by atoms with E-state index in [0.29, 0.717) is 6.42 Å². The summed E-state index contributed by atoms with van der Waals surface area (Å²) in [5.74, 6) is -0.640. The quantitative estimate of drug-likeness (QED) is 0.677. The Bertz CT molecular complexity index is 443. The molecule has 1 aliphatic heterocycles. The Kier molecular flexibility index (Phi) is 5.34. The number of carbonyl (C=O) groups is 2. The van der Waals surface area contributed by atoms with Crippen LogP contribution in [0.3, 0.4) is 0 Å². The van der Waals surface area contributed by atoms with E-state index in [9.17, 15) is 18.0 Å². The van der Waals surface area contributed by atoms with Crippen LogP contribution >= 0.6 is 0 Å². The molecule has 1 rings (SSSR count). The van der Waals surface area contributed by atoms with Gasteiger partial charge in [0.05, 0.1) is 25.0 Å². The molecular formula is C12H21NO5S. The third-order valence-corrected chi connectivity index (χ3v) is 4.96. The summed E-state index contributed by atoms with van der Waals surface area (Å²) in [4.78, 5) is 24.8. The number of nitrogens with zero attached hydrogens (tertiary/aromatic N) is 1. The fourth-order valence-corrected chi connectivity index (χ4v) is 3.87. The van der Waals surface area contributed by atoms with Gasteiger partial charge in [-0.1, -0.05) is 13.8 Å². The van der Waals surface area contributed by atoms with Crippen molar-refractivity contribution in [2.75, 3.05) is 25.2 Å². The van der Waals surface area contributed by atoms with Crippen molar-refractivity contribution in [1.82, 2.24) is 4.90 Å². The maximum absolute atomic E-state index is 12.1. The highest BCUT2D eigenvalue weighted by atomic mass is 32.2. The normalized spacial score (nSPS) is 21.4. The second kappa shape index (κ2) is 6.36. The third kappa shape index (κ3) is 4.49. The lowest BCUT2D eigenvalue weighted by Crippen LogP contribution is -2.44. The third-order valence-electron chi connectivity index (χ3n) is 3.21. The Morgan fingerprint density at radius 3 is 2.42 bits per heavy atom. The minimum absolute atomic E-state index is 0.00731. The molecule has 0 spiro atoms. The summed E-state index contributed by atoms with van der Waals surface area (Å²) < 4.78 is 27.6. The molecule has 0 aliphatic carbocycles. The predicted octanol–water partition coefficient (Wildman–Crippen LogP) is 0.221. The van der Waals surface area contributed by atoms with Crippen molar-refractivity contribution in [3.05, 3.63) is 0 Å². The Labute approximate surface area is 114 Å². The van der Waals surface area contributed by atoms with Crippen molar-refractivity contribution in [2.45, 2.75) is 32.7 Å². The zero-order valence-corrected chi connectivity index (χ0v) is 12.4. The van der Waals surface area contributed by atoms with Crippen LogP contribution in [-0.4, -0.2) is 56.4 Å². The van der Waals surface area contributed by atoms with E-state index < -0.39 is 15.8 Å². The average molecular weight is 291 g/mol. The van der Waals surface area contributed by atoms with Gasteiger partial charge in [-0.15, -0.1) is 0 Å². The first kappa shape index (κ1) is 15.9. The average Bonchev–Trinajstić information content (AvgIpc) is 2.69. The molecule has 0 aromatic rings. The smallest absolute Gasteiger partial charge is 0.307 e. The first-order chi connectivity index (χ1) is 8.76. The van der Waals surface area contributed by atoms with Crippen molar-refractivity contribution in [3.8, 4) is 0 Å². The molecule has 0 aromatic carbocycles. The molecule has 1 heterocycles. The molecular weight excluding hydrogens is 270 g/mol. The number of hydrogen-bond donors (Lipinski definition) is 0. The van der Waals surface area contributed by atoms with E-state index in [4.69, 9.17) is 0 Å². The number of carbonyl (C=O) groups excluding carboxylic acids is 2. The summed E-state index contributed by atoms with van der Waals surface area (Å²) in [6.07, 6.45) is 0.535. The topological polar surface area (TPSA) is 80.8 Å². The number of rotatable bonds is 5. The molecule has 19 heavy (non-hydrogen) atoms. The van der Waals surface area contributed by atoms with Crippen molar-refractivity contribution in [1.29, 1.82) is 0 Å². The minimum atomic E-state index is -3.05. The van der Waals surface area contributed by atoms with Crippen molar-refractivity contribution in [2.24, 2.45) is 5.92 Å². The summed E-state index contributed by atoms with van der Waals surface area (Å²) >= 11 is 0. The van der Waals surface area contributed by atoms with Gasteiger partial charge in [0.1, 0.15) is 0 Å². The highest BCUT2D eigenvalue weighted by Crippen LogP contribution is 2.20. The Hall–Kier alpha value is -1.11. The van der Waals surface area contributed by atoms with E-state index in [-0.39, 0.29) is 42.3 Å². The number of amides is 1. The van der Waals surface area contributed by atoms with E-state index in [1.165, 1.54) is 12.0 Å². The molecule has 0 unspecified atom stereocenters.